The fourth-order valence-corrected chi connectivity index (χ4v) is 3.82. The number of carbonyl (C=O) groups is 1. The first-order valence-corrected chi connectivity index (χ1v) is 9.52. The molecule has 1 amide bonds. The van der Waals surface area contributed by atoms with Crippen molar-refractivity contribution < 1.29 is 13.6 Å². The van der Waals surface area contributed by atoms with Gasteiger partial charge in [-0.2, -0.15) is 0 Å². The van der Waals surface area contributed by atoms with Crippen LogP contribution in [0.5, 0.6) is 0 Å². The molecule has 0 aliphatic rings. The van der Waals surface area contributed by atoms with E-state index in [1.807, 2.05) is 31.2 Å². The Morgan fingerprint density at radius 3 is 2.58 bits per heavy atom. The number of rotatable bonds is 8. The van der Waals surface area contributed by atoms with E-state index in [0.29, 0.717) is 23.0 Å². The number of aryl methyl sites for hydroxylation is 1. The average Bonchev–Trinajstić information content (AvgIpc) is 3.39. The first kappa shape index (κ1) is 18.4. The smallest absolute Gasteiger partial charge is 0.271 e. The minimum absolute atomic E-state index is 0.00700. The minimum Gasteiger partial charge on any atom is -0.468 e. The molecule has 1 N–H and O–H groups in total. The van der Waals surface area contributed by atoms with Crippen LogP contribution in [0.25, 0.3) is 10.8 Å². The second kappa shape index (κ2) is 8.33. The summed E-state index contributed by atoms with van der Waals surface area (Å²) in [7, 11) is 0. The van der Waals surface area contributed by atoms with Crippen molar-refractivity contribution in [2.45, 2.75) is 26.8 Å². The standard InChI is InChI=1S/C19H23N3O3S/c1-4-22(5-2)14(15-8-6-10-24-15)12-20-18(23)17-13(3)26-19(21-17)16-9-7-11-25-16/h6-11,14H,4-5,12H2,1-3H3,(H,20,23). The van der Waals surface area contributed by atoms with Crippen LogP contribution in [0.4, 0.5) is 0 Å². The summed E-state index contributed by atoms with van der Waals surface area (Å²) in [5.74, 6) is 1.34. The van der Waals surface area contributed by atoms with Crippen LogP contribution in [0.1, 0.15) is 41.0 Å². The van der Waals surface area contributed by atoms with Gasteiger partial charge in [0.2, 0.25) is 0 Å². The predicted octanol–water partition coefficient (Wildman–Crippen LogP) is 4.12. The molecule has 0 radical (unpaired) electrons. The highest BCUT2D eigenvalue weighted by molar-refractivity contribution is 7.15. The van der Waals surface area contributed by atoms with Gasteiger partial charge in [-0.15, -0.1) is 11.3 Å². The van der Waals surface area contributed by atoms with Crippen molar-refractivity contribution >= 4 is 17.2 Å². The molecule has 7 heteroatoms. The topological polar surface area (TPSA) is 71.5 Å². The van der Waals surface area contributed by atoms with Gasteiger partial charge < -0.3 is 14.2 Å². The molecule has 0 aliphatic heterocycles. The molecule has 1 atom stereocenters. The monoisotopic (exact) mass is 373 g/mol. The molecule has 1 unspecified atom stereocenters. The number of furan rings is 2. The molecular weight excluding hydrogens is 350 g/mol. The first-order valence-electron chi connectivity index (χ1n) is 8.71. The maximum atomic E-state index is 12.7. The van der Waals surface area contributed by atoms with E-state index in [-0.39, 0.29) is 11.9 Å². The van der Waals surface area contributed by atoms with Crippen LogP contribution in [0.15, 0.2) is 45.6 Å². The molecule has 3 aromatic heterocycles. The van der Waals surface area contributed by atoms with Gasteiger partial charge in [-0.1, -0.05) is 13.8 Å². The van der Waals surface area contributed by atoms with E-state index in [2.05, 4.69) is 29.0 Å². The van der Waals surface area contributed by atoms with E-state index in [1.165, 1.54) is 11.3 Å². The largest absolute Gasteiger partial charge is 0.468 e. The number of hydrogen-bond donors (Lipinski definition) is 1. The highest BCUT2D eigenvalue weighted by Gasteiger charge is 2.23. The van der Waals surface area contributed by atoms with Crippen LogP contribution in [-0.2, 0) is 0 Å². The van der Waals surface area contributed by atoms with Crippen LogP contribution >= 0.6 is 11.3 Å². The molecule has 0 aliphatic carbocycles. The Hall–Kier alpha value is -2.38. The van der Waals surface area contributed by atoms with E-state index < -0.39 is 0 Å². The fourth-order valence-electron chi connectivity index (χ4n) is 2.94. The van der Waals surface area contributed by atoms with E-state index in [9.17, 15) is 4.79 Å². The first-order chi connectivity index (χ1) is 12.6. The number of aromatic nitrogens is 1. The van der Waals surface area contributed by atoms with Crippen molar-refractivity contribution in [2.75, 3.05) is 19.6 Å². The van der Waals surface area contributed by atoms with E-state index in [4.69, 9.17) is 8.83 Å². The summed E-state index contributed by atoms with van der Waals surface area (Å²) >= 11 is 1.45. The average molecular weight is 373 g/mol. The quantitative estimate of drug-likeness (QED) is 0.643. The predicted molar refractivity (Wildman–Crippen MR) is 101 cm³/mol. The Bertz CT molecular complexity index is 820. The Balaban J connectivity index is 1.73. The number of carbonyl (C=O) groups excluding carboxylic acids is 1. The van der Waals surface area contributed by atoms with E-state index in [0.717, 1.165) is 23.7 Å². The summed E-state index contributed by atoms with van der Waals surface area (Å²) in [6.07, 6.45) is 3.26. The van der Waals surface area contributed by atoms with Crippen molar-refractivity contribution in [1.82, 2.24) is 15.2 Å². The number of nitrogens with one attached hydrogen (secondary N) is 1. The molecular formula is C19H23N3O3S. The van der Waals surface area contributed by atoms with Crippen molar-refractivity contribution in [3.05, 3.63) is 53.1 Å². The van der Waals surface area contributed by atoms with Gasteiger partial charge in [0.05, 0.1) is 18.6 Å². The normalized spacial score (nSPS) is 12.5. The van der Waals surface area contributed by atoms with Gasteiger partial charge in [-0.3, -0.25) is 9.69 Å². The number of amides is 1. The van der Waals surface area contributed by atoms with Crippen LogP contribution in [-0.4, -0.2) is 35.4 Å². The molecule has 3 heterocycles. The lowest BCUT2D eigenvalue weighted by Crippen LogP contribution is -2.38. The molecule has 0 saturated heterocycles. The summed E-state index contributed by atoms with van der Waals surface area (Å²) in [6, 6.07) is 7.45. The van der Waals surface area contributed by atoms with E-state index in [1.54, 1.807) is 12.5 Å². The van der Waals surface area contributed by atoms with Gasteiger partial charge in [0.15, 0.2) is 10.8 Å². The van der Waals surface area contributed by atoms with Gasteiger partial charge in [0, 0.05) is 11.4 Å². The van der Waals surface area contributed by atoms with Crippen LogP contribution in [0.3, 0.4) is 0 Å². The number of nitrogens with zero attached hydrogens (tertiary/aromatic N) is 2. The summed E-state index contributed by atoms with van der Waals surface area (Å²) in [5, 5.41) is 3.72. The summed E-state index contributed by atoms with van der Waals surface area (Å²) in [5.41, 5.74) is 0.444. The van der Waals surface area contributed by atoms with Gasteiger partial charge in [-0.05, 0) is 44.3 Å². The van der Waals surface area contributed by atoms with E-state index >= 15 is 0 Å². The lowest BCUT2D eigenvalue weighted by Gasteiger charge is -2.28. The van der Waals surface area contributed by atoms with Gasteiger partial charge in [-0.25, -0.2) is 4.98 Å². The van der Waals surface area contributed by atoms with Crippen molar-refractivity contribution in [3.63, 3.8) is 0 Å². The molecule has 3 aromatic rings. The molecule has 0 spiro atoms. The molecule has 3 rings (SSSR count). The Kier molecular flexibility index (Phi) is 5.90. The third kappa shape index (κ3) is 3.89. The maximum Gasteiger partial charge on any atom is 0.271 e. The summed E-state index contributed by atoms with van der Waals surface area (Å²) < 4.78 is 10.9. The SMILES string of the molecule is CCN(CC)C(CNC(=O)c1nc(-c2ccco2)sc1C)c1ccco1. The van der Waals surface area contributed by atoms with Crippen LogP contribution in [0, 0.1) is 6.92 Å². The highest BCUT2D eigenvalue weighted by Crippen LogP contribution is 2.28. The maximum absolute atomic E-state index is 12.7. The van der Waals surface area contributed by atoms with Gasteiger partial charge in [0.25, 0.3) is 5.91 Å². The van der Waals surface area contributed by atoms with Crippen molar-refractivity contribution in [2.24, 2.45) is 0 Å². The molecule has 0 fully saturated rings. The highest BCUT2D eigenvalue weighted by atomic mass is 32.1. The second-order valence-corrected chi connectivity index (χ2v) is 7.07. The zero-order valence-corrected chi connectivity index (χ0v) is 16.0. The third-order valence-corrected chi connectivity index (χ3v) is 5.31. The lowest BCUT2D eigenvalue weighted by molar-refractivity contribution is 0.0925. The number of thiazole rings is 1. The molecule has 0 aromatic carbocycles. The molecule has 138 valence electrons. The minimum atomic E-state index is -0.180. The summed E-state index contributed by atoms with van der Waals surface area (Å²) in [4.78, 5) is 20.2. The molecule has 6 nitrogen and oxygen atoms in total. The molecule has 0 saturated carbocycles. The number of likely N-dealkylation sites (N-methyl/N-ethyl adjacent to an activating group) is 1. The van der Waals surface area contributed by atoms with Crippen LogP contribution < -0.4 is 5.32 Å². The zero-order valence-electron chi connectivity index (χ0n) is 15.2. The Labute approximate surface area is 156 Å². The lowest BCUT2D eigenvalue weighted by atomic mass is 10.1. The molecule has 0 bridgehead atoms. The third-order valence-electron chi connectivity index (χ3n) is 4.32. The van der Waals surface area contributed by atoms with Gasteiger partial charge in [0.1, 0.15) is 11.5 Å². The fraction of sp³-hybridized carbons (Fsp3) is 0.368. The Morgan fingerprint density at radius 2 is 1.96 bits per heavy atom. The van der Waals surface area contributed by atoms with Gasteiger partial charge >= 0.3 is 0 Å². The second-order valence-electron chi connectivity index (χ2n) is 5.86. The summed E-state index contributed by atoms with van der Waals surface area (Å²) in [6.45, 7) is 8.30. The van der Waals surface area contributed by atoms with Crippen molar-refractivity contribution in [1.29, 1.82) is 0 Å². The number of hydrogen-bond acceptors (Lipinski definition) is 6. The Morgan fingerprint density at radius 1 is 1.23 bits per heavy atom. The zero-order chi connectivity index (χ0) is 18.5. The van der Waals surface area contributed by atoms with Crippen molar-refractivity contribution in [3.8, 4) is 10.8 Å². The molecule has 26 heavy (non-hydrogen) atoms. The van der Waals surface area contributed by atoms with Crippen LogP contribution in [0.2, 0.25) is 0 Å².